The van der Waals surface area contributed by atoms with Crippen molar-refractivity contribution in [3.63, 3.8) is 0 Å². The van der Waals surface area contributed by atoms with Crippen molar-refractivity contribution in [3.05, 3.63) is 0 Å². The first-order valence-electron chi connectivity index (χ1n) is 1.72. The van der Waals surface area contributed by atoms with Gasteiger partial charge >= 0.3 is 0 Å². The van der Waals surface area contributed by atoms with E-state index in [1.807, 2.05) is 6.92 Å². The smallest absolute Gasteiger partial charge is 0.0717 e. The molecule has 3 heteroatoms. The van der Waals surface area contributed by atoms with Crippen LogP contribution in [-0.4, -0.2) is 12.0 Å². The van der Waals surface area contributed by atoms with Crippen LogP contribution in [0, 0.1) is 0 Å². The molecule has 1 nitrogen and oxygen atoms in total. The highest BCUT2D eigenvalue weighted by molar-refractivity contribution is 7.09. The summed E-state index contributed by atoms with van der Waals surface area (Å²) >= 11 is 5.31. The van der Waals surface area contributed by atoms with Crippen LogP contribution in [-0.2, 0) is 4.52 Å². The van der Waals surface area contributed by atoms with E-state index in [4.69, 9.17) is 11.6 Å². The van der Waals surface area contributed by atoms with Gasteiger partial charge in [0, 0.05) is 15.3 Å². The zero-order chi connectivity index (χ0) is 4.99. The van der Waals surface area contributed by atoms with Crippen LogP contribution in [0.5, 0.6) is 0 Å². The molecule has 0 saturated carbocycles. The van der Waals surface area contributed by atoms with Crippen molar-refractivity contribution in [3.8, 4) is 0 Å². The Balaban J connectivity index is 2.75. The monoisotopic (exact) mass is 126 g/mol. The van der Waals surface area contributed by atoms with Crippen LogP contribution in [0.25, 0.3) is 0 Å². The van der Waals surface area contributed by atoms with E-state index in [0.717, 1.165) is 0 Å². The molecule has 2 atom stereocenters. The molecule has 0 heterocycles. The predicted molar refractivity (Wildman–Crippen MR) is 31.0 cm³/mol. The molecule has 0 radical (unpaired) electrons. The highest BCUT2D eigenvalue weighted by Gasteiger charge is 1.90. The van der Waals surface area contributed by atoms with Crippen molar-refractivity contribution in [2.75, 3.05) is 5.88 Å². The van der Waals surface area contributed by atoms with E-state index >= 15 is 0 Å². The molecule has 0 aromatic carbocycles. The standard InChI is InChI=1S/C3H8ClOP/c1-3(2-4)5-6/h3H,2,6H2,1H3. The number of hydrogen-bond donors (Lipinski definition) is 0. The summed E-state index contributed by atoms with van der Waals surface area (Å²) in [4.78, 5) is 0. The summed E-state index contributed by atoms with van der Waals surface area (Å²) < 4.78 is 4.68. The van der Waals surface area contributed by atoms with E-state index in [1.165, 1.54) is 0 Å². The molecule has 0 aromatic heterocycles. The Kier molecular flexibility index (Phi) is 4.29. The molecule has 0 aromatic rings. The van der Waals surface area contributed by atoms with Gasteiger partial charge in [-0.05, 0) is 6.92 Å². The number of rotatable bonds is 2. The largest absolute Gasteiger partial charge is 0.361 e. The fourth-order valence-corrected chi connectivity index (χ4v) is 0.327. The Morgan fingerprint density at radius 2 is 2.50 bits per heavy atom. The third kappa shape index (κ3) is 2.89. The van der Waals surface area contributed by atoms with Gasteiger partial charge in [0.05, 0.1) is 6.10 Å². The second-order valence-electron chi connectivity index (χ2n) is 1.10. The number of halogens is 1. The minimum Gasteiger partial charge on any atom is -0.361 e. The molecule has 0 aliphatic heterocycles. The maximum atomic E-state index is 5.31. The topological polar surface area (TPSA) is 9.23 Å². The van der Waals surface area contributed by atoms with Crippen LogP contribution in [0.2, 0.25) is 0 Å². The molecule has 0 fully saturated rings. The molecular weight excluding hydrogens is 118 g/mol. The van der Waals surface area contributed by atoms with Gasteiger partial charge in [-0.1, -0.05) is 0 Å². The molecule has 0 aliphatic rings. The van der Waals surface area contributed by atoms with Crippen LogP contribution in [0.1, 0.15) is 6.92 Å². The molecule has 0 amide bonds. The lowest BCUT2D eigenvalue weighted by molar-refractivity contribution is 0.290. The van der Waals surface area contributed by atoms with Gasteiger partial charge in [0.15, 0.2) is 0 Å². The first-order valence-corrected chi connectivity index (χ1v) is 2.73. The van der Waals surface area contributed by atoms with Crippen LogP contribution in [0.3, 0.4) is 0 Å². The van der Waals surface area contributed by atoms with Crippen molar-refractivity contribution in [1.29, 1.82) is 0 Å². The Morgan fingerprint density at radius 3 is 2.50 bits per heavy atom. The maximum absolute atomic E-state index is 5.31. The lowest BCUT2D eigenvalue weighted by Crippen LogP contribution is -2.00. The number of hydrogen-bond acceptors (Lipinski definition) is 1. The van der Waals surface area contributed by atoms with E-state index in [2.05, 4.69) is 14.0 Å². The van der Waals surface area contributed by atoms with E-state index in [9.17, 15) is 0 Å². The van der Waals surface area contributed by atoms with Gasteiger partial charge in [-0.3, -0.25) is 0 Å². The lowest BCUT2D eigenvalue weighted by Gasteiger charge is -1.99. The van der Waals surface area contributed by atoms with Gasteiger partial charge in [0.1, 0.15) is 0 Å². The molecular formula is C3H8ClOP. The van der Waals surface area contributed by atoms with Crippen LogP contribution < -0.4 is 0 Å². The molecule has 6 heavy (non-hydrogen) atoms. The van der Waals surface area contributed by atoms with Crippen molar-refractivity contribution < 1.29 is 4.52 Å². The van der Waals surface area contributed by atoms with Crippen molar-refractivity contribution in [1.82, 2.24) is 0 Å². The van der Waals surface area contributed by atoms with Gasteiger partial charge in [-0.15, -0.1) is 11.6 Å². The highest BCUT2D eigenvalue weighted by Crippen LogP contribution is 1.96. The summed E-state index contributed by atoms with van der Waals surface area (Å²) in [5, 5.41) is 0. The van der Waals surface area contributed by atoms with Crippen molar-refractivity contribution >= 4 is 21.1 Å². The summed E-state index contributed by atoms with van der Waals surface area (Å²) in [5.74, 6) is 0.559. The van der Waals surface area contributed by atoms with E-state index < -0.39 is 0 Å². The molecule has 0 aliphatic carbocycles. The third-order valence-electron chi connectivity index (χ3n) is 0.450. The van der Waals surface area contributed by atoms with Gasteiger partial charge in [0.25, 0.3) is 0 Å². The zero-order valence-corrected chi connectivity index (χ0v) is 5.56. The minimum absolute atomic E-state index is 0.164. The van der Waals surface area contributed by atoms with E-state index in [0.29, 0.717) is 5.88 Å². The van der Waals surface area contributed by atoms with E-state index in [1.54, 1.807) is 0 Å². The maximum Gasteiger partial charge on any atom is 0.0717 e. The molecule has 0 bridgehead atoms. The molecule has 0 rings (SSSR count). The Morgan fingerprint density at radius 1 is 2.00 bits per heavy atom. The summed E-state index contributed by atoms with van der Waals surface area (Å²) in [7, 11) is 2.15. The number of alkyl halides is 1. The fraction of sp³-hybridized carbons (Fsp3) is 1.00. The van der Waals surface area contributed by atoms with Crippen LogP contribution in [0.4, 0.5) is 0 Å². The SMILES string of the molecule is CC(CCl)OP. The average molecular weight is 127 g/mol. The highest BCUT2D eigenvalue weighted by atomic mass is 35.5. The Hall–Kier alpha value is 0.680. The molecule has 2 unspecified atom stereocenters. The normalized spacial score (nSPS) is 14.5. The van der Waals surface area contributed by atoms with Gasteiger partial charge in [-0.25, -0.2) is 0 Å². The van der Waals surface area contributed by atoms with Gasteiger partial charge in [-0.2, -0.15) is 0 Å². The molecule has 38 valence electrons. The van der Waals surface area contributed by atoms with Crippen LogP contribution >= 0.6 is 21.1 Å². The first kappa shape index (κ1) is 6.68. The van der Waals surface area contributed by atoms with E-state index in [-0.39, 0.29) is 6.10 Å². The minimum atomic E-state index is 0.164. The lowest BCUT2D eigenvalue weighted by atomic mass is 10.5. The molecule has 0 N–H and O–H groups in total. The van der Waals surface area contributed by atoms with Gasteiger partial charge in [0.2, 0.25) is 0 Å². The first-order chi connectivity index (χ1) is 2.81. The average Bonchev–Trinajstić information content (AvgIpc) is 1.65. The molecule has 0 spiro atoms. The summed E-state index contributed by atoms with van der Waals surface area (Å²) in [6, 6.07) is 0. The second kappa shape index (κ2) is 3.86. The van der Waals surface area contributed by atoms with Crippen LogP contribution in [0.15, 0.2) is 0 Å². The quantitative estimate of drug-likeness (QED) is 0.402. The Labute approximate surface area is 45.3 Å². The summed E-state index contributed by atoms with van der Waals surface area (Å²) in [6.45, 7) is 1.90. The predicted octanol–water partition coefficient (Wildman–Crippen LogP) is 1.42. The summed E-state index contributed by atoms with van der Waals surface area (Å²) in [6.07, 6.45) is 0.164. The molecule has 0 saturated heterocycles. The second-order valence-corrected chi connectivity index (χ2v) is 1.68. The fourth-order valence-electron chi connectivity index (χ4n) is 0.0364. The van der Waals surface area contributed by atoms with Crippen molar-refractivity contribution in [2.45, 2.75) is 13.0 Å². The Bertz CT molecular complexity index is 30.0. The summed E-state index contributed by atoms with van der Waals surface area (Å²) in [5.41, 5.74) is 0. The van der Waals surface area contributed by atoms with Crippen molar-refractivity contribution in [2.24, 2.45) is 0 Å². The zero-order valence-electron chi connectivity index (χ0n) is 3.65. The third-order valence-corrected chi connectivity index (χ3v) is 1.35. The van der Waals surface area contributed by atoms with Gasteiger partial charge < -0.3 is 4.52 Å².